The van der Waals surface area contributed by atoms with Crippen molar-refractivity contribution in [3.63, 3.8) is 0 Å². The fourth-order valence-electron chi connectivity index (χ4n) is 4.01. The van der Waals surface area contributed by atoms with Crippen molar-refractivity contribution in [2.45, 2.75) is 91.7 Å². The lowest BCUT2D eigenvalue weighted by atomic mass is 9.99. The molecule has 0 aromatic heterocycles. The number of Topliss-reactive ketones (excluding diaryl/α,β-unsaturated/α-hetero) is 2. The van der Waals surface area contributed by atoms with Crippen LogP contribution in [0.2, 0.25) is 38.3 Å². The van der Waals surface area contributed by atoms with Gasteiger partial charge in [0.1, 0.15) is 11.6 Å². The predicted octanol–water partition coefficient (Wildman–Crippen LogP) is 5.37. The van der Waals surface area contributed by atoms with Gasteiger partial charge in [-0.2, -0.15) is 0 Å². The average Bonchev–Trinajstić information content (AvgIpc) is 2.60. The van der Waals surface area contributed by atoms with Crippen LogP contribution in [0.3, 0.4) is 0 Å². The number of carbonyl (C=O) groups is 2. The van der Waals surface area contributed by atoms with Crippen LogP contribution in [0, 0.1) is 11.8 Å². The summed E-state index contributed by atoms with van der Waals surface area (Å²) in [6.45, 7) is 19.9. The summed E-state index contributed by atoms with van der Waals surface area (Å²) in [5, 5.41) is 0. The molecule has 30 heavy (non-hydrogen) atoms. The van der Waals surface area contributed by atoms with Gasteiger partial charge in [-0.1, -0.05) is 13.8 Å². The maximum absolute atomic E-state index is 12.5. The number of rotatable bonds is 18. The standard InChI is InChI=1S/C23H49NO4Si2/c1-10-27-29(6,7)16-12-14-22(25)20(3)18-24(5)19-21(4)23(26)15-13-17-30(8,9)28-11-2/h20-21H,10-19H2,1-9H3. The van der Waals surface area contributed by atoms with Crippen LogP contribution in [0.1, 0.15) is 53.4 Å². The van der Waals surface area contributed by atoms with E-state index in [1.807, 2.05) is 34.7 Å². The fourth-order valence-corrected chi connectivity index (χ4v) is 7.92. The SMILES string of the molecule is CCO[Si](C)(C)CCCC(=O)C(C)CN(C)CC(C)C(=O)CCC[Si](C)(C)OCC. The molecular formula is C23H49NO4Si2. The van der Waals surface area contributed by atoms with Crippen molar-refractivity contribution in [2.75, 3.05) is 33.4 Å². The van der Waals surface area contributed by atoms with Crippen molar-refractivity contribution >= 4 is 28.2 Å². The highest BCUT2D eigenvalue weighted by Crippen LogP contribution is 2.18. The fraction of sp³-hybridized carbons (Fsp3) is 0.913. The molecule has 2 atom stereocenters. The van der Waals surface area contributed by atoms with Gasteiger partial charge in [-0.3, -0.25) is 9.59 Å². The highest BCUT2D eigenvalue weighted by Gasteiger charge is 2.24. The van der Waals surface area contributed by atoms with E-state index in [9.17, 15) is 9.59 Å². The van der Waals surface area contributed by atoms with Gasteiger partial charge < -0.3 is 13.8 Å². The van der Waals surface area contributed by atoms with Gasteiger partial charge in [-0.05, 0) is 72.0 Å². The van der Waals surface area contributed by atoms with Gasteiger partial charge in [0.2, 0.25) is 0 Å². The normalized spacial score (nSPS) is 14.7. The Bertz CT molecular complexity index is 467. The first-order valence-electron chi connectivity index (χ1n) is 11.9. The van der Waals surface area contributed by atoms with Gasteiger partial charge in [0, 0.05) is 51.0 Å². The Hall–Kier alpha value is -0.346. The van der Waals surface area contributed by atoms with Crippen LogP contribution in [0.25, 0.3) is 0 Å². The van der Waals surface area contributed by atoms with Gasteiger partial charge in [-0.15, -0.1) is 0 Å². The lowest BCUT2D eigenvalue weighted by Crippen LogP contribution is -2.35. The van der Waals surface area contributed by atoms with Gasteiger partial charge >= 0.3 is 0 Å². The summed E-state index contributed by atoms with van der Waals surface area (Å²) < 4.78 is 11.7. The maximum Gasteiger partial charge on any atom is 0.186 e. The molecule has 5 nitrogen and oxygen atoms in total. The monoisotopic (exact) mass is 459 g/mol. The Balaban J connectivity index is 4.23. The zero-order valence-electron chi connectivity index (χ0n) is 21.3. The molecule has 0 amide bonds. The molecule has 0 aromatic rings. The second kappa shape index (κ2) is 14.7. The third kappa shape index (κ3) is 13.9. The Morgan fingerprint density at radius 2 is 1.10 bits per heavy atom. The first kappa shape index (κ1) is 29.7. The van der Waals surface area contributed by atoms with E-state index in [1.54, 1.807) is 0 Å². The molecule has 0 spiro atoms. The van der Waals surface area contributed by atoms with Crippen molar-refractivity contribution in [3.05, 3.63) is 0 Å². The van der Waals surface area contributed by atoms with Crippen LogP contribution in [0.5, 0.6) is 0 Å². The third-order valence-corrected chi connectivity index (χ3v) is 11.0. The molecule has 0 rings (SSSR count). The minimum absolute atomic E-state index is 0.00664. The van der Waals surface area contributed by atoms with E-state index in [2.05, 4.69) is 31.1 Å². The lowest BCUT2D eigenvalue weighted by Gasteiger charge is -2.25. The Kier molecular flexibility index (Phi) is 14.5. The van der Waals surface area contributed by atoms with E-state index < -0.39 is 16.6 Å². The number of hydrogen-bond acceptors (Lipinski definition) is 5. The summed E-state index contributed by atoms with van der Waals surface area (Å²) in [4.78, 5) is 27.1. The molecule has 0 aliphatic heterocycles. The van der Waals surface area contributed by atoms with Gasteiger partial charge in [0.15, 0.2) is 16.6 Å². The first-order valence-corrected chi connectivity index (χ1v) is 18.1. The van der Waals surface area contributed by atoms with Crippen molar-refractivity contribution in [2.24, 2.45) is 11.8 Å². The molecule has 0 bridgehead atoms. The van der Waals surface area contributed by atoms with Crippen molar-refractivity contribution in [3.8, 4) is 0 Å². The topological polar surface area (TPSA) is 55.8 Å². The molecule has 178 valence electrons. The smallest absolute Gasteiger partial charge is 0.186 e. The Morgan fingerprint density at radius 1 is 0.767 bits per heavy atom. The van der Waals surface area contributed by atoms with Crippen LogP contribution in [0.4, 0.5) is 0 Å². The first-order chi connectivity index (χ1) is 13.8. The molecular weight excluding hydrogens is 410 g/mol. The molecule has 0 saturated heterocycles. The molecule has 7 heteroatoms. The lowest BCUT2D eigenvalue weighted by molar-refractivity contribution is -0.123. The average molecular weight is 460 g/mol. The molecule has 0 heterocycles. The second-order valence-corrected chi connectivity index (χ2v) is 18.7. The zero-order valence-corrected chi connectivity index (χ0v) is 23.3. The number of nitrogens with zero attached hydrogens (tertiary/aromatic N) is 1. The van der Waals surface area contributed by atoms with Gasteiger partial charge in [0.05, 0.1) is 0 Å². The summed E-state index contributed by atoms with van der Waals surface area (Å²) in [7, 11) is -1.19. The molecule has 0 aromatic carbocycles. The minimum Gasteiger partial charge on any atom is -0.418 e. The van der Waals surface area contributed by atoms with E-state index >= 15 is 0 Å². The minimum atomic E-state index is -1.60. The summed E-state index contributed by atoms with van der Waals surface area (Å²) in [6.07, 6.45) is 3.10. The molecule has 0 radical (unpaired) electrons. The summed E-state index contributed by atoms with van der Waals surface area (Å²) in [5.41, 5.74) is 0. The zero-order chi connectivity index (χ0) is 23.4. The van der Waals surface area contributed by atoms with Crippen LogP contribution in [-0.2, 0) is 18.4 Å². The van der Waals surface area contributed by atoms with Crippen molar-refractivity contribution in [1.29, 1.82) is 0 Å². The van der Waals surface area contributed by atoms with Crippen LogP contribution < -0.4 is 0 Å². The van der Waals surface area contributed by atoms with E-state index in [1.165, 1.54) is 0 Å². The van der Waals surface area contributed by atoms with Gasteiger partial charge in [0.25, 0.3) is 0 Å². The highest BCUT2D eigenvalue weighted by atomic mass is 28.4. The van der Waals surface area contributed by atoms with E-state index in [-0.39, 0.29) is 11.8 Å². The quantitative estimate of drug-likeness (QED) is 0.258. The van der Waals surface area contributed by atoms with Crippen LogP contribution in [-0.4, -0.2) is 66.5 Å². The molecule has 0 fully saturated rings. The number of carbonyl (C=O) groups excluding carboxylic acids is 2. The summed E-state index contributed by atoms with van der Waals surface area (Å²) >= 11 is 0. The number of ketones is 2. The third-order valence-electron chi connectivity index (χ3n) is 5.74. The van der Waals surface area contributed by atoms with E-state index in [0.717, 1.165) is 38.1 Å². The maximum atomic E-state index is 12.5. The predicted molar refractivity (Wildman–Crippen MR) is 132 cm³/mol. The van der Waals surface area contributed by atoms with Crippen LogP contribution in [0.15, 0.2) is 0 Å². The molecule has 0 saturated carbocycles. The number of hydrogen-bond donors (Lipinski definition) is 0. The van der Waals surface area contributed by atoms with Crippen molar-refractivity contribution < 1.29 is 18.4 Å². The Labute approximate surface area is 188 Å². The van der Waals surface area contributed by atoms with Crippen molar-refractivity contribution in [1.82, 2.24) is 4.90 Å². The largest absolute Gasteiger partial charge is 0.418 e. The summed E-state index contributed by atoms with van der Waals surface area (Å²) in [5.74, 6) is 0.662. The van der Waals surface area contributed by atoms with Crippen LogP contribution >= 0.6 is 0 Å². The van der Waals surface area contributed by atoms with E-state index in [0.29, 0.717) is 37.5 Å². The molecule has 0 aliphatic rings. The second-order valence-electron chi connectivity index (χ2n) is 10.0. The highest BCUT2D eigenvalue weighted by molar-refractivity contribution is 6.71. The van der Waals surface area contributed by atoms with Gasteiger partial charge in [-0.25, -0.2) is 0 Å². The molecule has 2 unspecified atom stereocenters. The molecule has 0 N–H and O–H groups in total. The Morgan fingerprint density at radius 3 is 1.40 bits per heavy atom. The summed E-state index contributed by atoms with van der Waals surface area (Å²) in [6, 6.07) is 2.06. The molecule has 0 aliphatic carbocycles. The van der Waals surface area contributed by atoms with E-state index in [4.69, 9.17) is 8.85 Å².